The average molecular weight is 354 g/mol. The molecule has 2 amide bonds. The predicted molar refractivity (Wildman–Crippen MR) is 102 cm³/mol. The number of hydrogen-bond donors (Lipinski definition) is 2. The highest BCUT2D eigenvalue weighted by molar-refractivity contribution is 5.87. The molecule has 0 bridgehead atoms. The van der Waals surface area contributed by atoms with E-state index in [2.05, 4.69) is 10.6 Å². The smallest absolute Gasteiger partial charge is 0.408 e. The number of likely N-dealkylation sites (N-methyl/N-ethyl adjacent to an activating group) is 1. The Labute approximate surface area is 154 Å². The van der Waals surface area contributed by atoms with E-state index in [0.717, 1.165) is 11.1 Å². The molecule has 1 unspecified atom stereocenters. The molecule has 5 nitrogen and oxygen atoms in total. The number of amides is 2. The summed E-state index contributed by atoms with van der Waals surface area (Å²) < 4.78 is 5.35. The summed E-state index contributed by atoms with van der Waals surface area (Å²) in [5.41, 5.74) is 1.22. The van der Waals surface area contributed by atoms with E-state index < -0.39 is 17.7 Å². The third-order valence-electron chi connectivity index (χ3n) is 3.85. The van der Waals surface area contributed by atoms with E-state index in [1.807, 2.05) is 60.7 Å². The second kappa shape index (κ2) is 8.52. The maximum atomic E-state index is 12.6. The van der Waals surface area contributed by atoms with E-state index >= 15 is 0 Å². The van der Waals surface area contributed by atoms with Gasteiger partial charge in [-0.3, -0.25) is 4.79 Å². The van der Waals surface area contributed by atoms with Crippen molar-refractivity contribution in [2.24, 2.45) is 0 Å². The van der Waals surface area contributed by atoms with E-state index in [1.165, 1.54) is 0 Å². The Hall–Kier alpha value is -2.82. The summed E-state index contributed by atoms with van der Waals surface area (Å²) in [5.74, 6) is -0.626. The molecule has 0 aliphatic rings. The lowest BCUT2D eigenvalue weighted by atomic mass is 9.84. The number of ether oxygens (including phenoxy) is 1. The van der Waals surface area contributed by atoms with Gasteiger partial charge in [-0.05, 0) is 31.9 Å². The zero-order valence-corrected chi connectivity index (χ0v) is 15.7. The van der Waals surface area contributed by atoms with Gasteiger partial charge in [0.1, 0.15) is 11.6 Å². The second-order valence-electron chi connectivity index (χ2n) is 7.04. The molecule has 0 saturated heterocycles. The Morgan fingerprint density at radius 3 is 1.73 bits per heavy atom. The van der Waals surface area contributed by atoms with Gasteiger partial charge in [0.15, 0.2) is 0 Å². The fourth-order valence-electron chi connectivity index (χ4n) is 2.79. The van der Waals surface area contributed by atoms with E-state index in [9.17, 15) is 9.59 Å². The van der Waals surface area contributed by atoms with Crippen molar-refractivity contribution in [2.45, 2.75) is 38.3 Å². The third kappa shape index (κ3) is 5.34. The SMILES string of the molecule is CNC(=O)C(NC(=O)OC(C)(C)C)C(c1ccccc1)c1ccccc1. The Morgan fingerprint density at radius 2 is 1.35 bits per heavy atom. The van der Waals surface area contributed by atoms with E-state index in [0.29, 0.717) is 0 Å². The molecule has 0 spiro atoms. The molecule has 1 atom stereocenters. The van der Waals surface area contributed by atoms with Crippen LogP contribution >= 0.6 is 0 Å². The zero-order chi connectivity index (χ0) is 19.2. The molecule has 0 heterocycles. The van der Waals surface area contributed by atoms with Crippen molar-refractivity contribution in [1.82, 2.24) is 10.6 Å². The van der Waals surface area contributed by atoms with Crippen LogP contribution < -0.4 is 10.6 Å². The van der Waals surface area contributed by atoms with Gasteiger partial charge in [-0.15, -0.1) is 0 Å². The van der Waals surface area contributed by atoms with Gasteiger partial charge in [0.25, 0.3) is 0 Å². The first-order valence-electron chi connectivity index (χ1n) is 8.63. The van der Waals surface area contributed by atoms with Crippen LogP contribution in [0.3, 0.4) is 0 Å². The molecule has 5 heteroatoms. The van der Waals surface area contributed by atoms with Gasteiger partial charge in [-0.25, -0.2) is 4.79 Å². The Bertz CT molecular complexity index is 684. The number of hydrogen-bond acceptors (Lipinski definition) is 3. The topological polar surface area (TPSA) is 67.4 Å². The monoisotopic (exact) mass is 354 g/mol. The average Bonchev–Trinajstić information content (AvgIpc) is 2.61. The molecule has 0 radical (unpaired) electrons. The van der Waals surface area contributed by atoms with Crippen LogP contribution in [-0.4, -0.2) is 30.7 Å². The number of alkyl carbamates (subject to hydrolysis) is 1. The lowest BCUT2D eigenvalue weighted by Crippen LogP contribution is -2.50. The molecule has 0 aliphatic heterocycles. The summed E-state index contributed by atoms with van der Waals surface area (Å²) in [5, 5.41) is 5.39. The molecule has 0 saturated carbocycles. The van der Waals surface area contributed by atoms with Crippen molar-refractivity contribution in [3.05, 3.63) is 71.8 Å². The summed E-state index contributed by atoms with van der Waals surface area (Å²) in [7, 11) is 1.55. The molecular weight excluding hydrogens is 328 g/mol. The van der Waals surface area contributed by atoms with Crippen LogP contribution in [0.2, 0.25) is 0 Å². The van der Waals surface area contributed by atoms with Crippen molar-refractivity contribution in [2.75, 3.05) is 7.05 Å². The standard InChI is InChI=1S/C21H26N2O3/c1-21(2,3)26-20(25)23-18(19(24)22-4)17(15-11-7-5-8-12-15)16-13-9-6-10-14-16/h5-14,17-18H,1-4H3,(H,22,24)(H,23,25). The summed E-state index contributed by atoms with van der Waals surface area (Å²) in [6.45, 7) is 5.36. The molecule has 0 aromatic heterocycles. The Morgan fingerprint density at radius 1 is 0.885 bits per heavy atom. The molecule has 0 fully saturated rings. The number of benzene rings is 2. The molecule has 0 aliphatic carbocycles. The van der Waals surface area contributed by atoms with Gasteiger partial charge in [0.2, 0.25) is 5.91 Å². The quantitative estimate of drug-likeness (QED) is 0.864. The normalized spacial score (nSPS) is 12.3. The first-order chi connectivity index (χ1) is 12.3. The fraction of sp³-hybridized carbons (Fsp3) is 0.333. The summed E-state index contributed by atoms with van der Waals surface area (Å²) in [4.78, 5) is 25.0. The number of carbonyl (C=O) groups excluding carboxylic acids is 2. The van der Waals surface area contributed by atoms with Crippen LogP contribution in [0, 0.1) is 0 Å². The number of carbonyl (C=O) groups is 2. The number of nitrogens with one attached hydrogen (secondary N) is 2. The summed E-state index contributed by atoms with van der Waals surface area (Å²) in [6.07, 6.45) is -0.622. The molecule has 2 aromatic rings. The predicted octanol–water partition coefficient (Wildman–Crippen LogP) is 3.46. The highest BCUT2D eigenvalue weighted by Crippen LogP contribution is 2.28. The molecule has 2 aromatic carbocycles. The van der Waals surface area contributed by atoms with E-state index in [-0.39, 0.29) is 11.8 Å². The minimum absolute atomic E-state index is 0.284. The van der Waals surface area contributed by atoms with Crippen molar-refractivity contribution < 1.29 is 14.3 Å². The first kappa shape index (κ1) is 19.5. The maximum Gasteiger partial charge on any atom is 0.408 e. The first-order valence-corrected chi connectivity index (χ1v) is 8.63. The minimum Gasteiger partial charge on any atom is -0.444 e. The van der Waals surface area contributed by atoms with Crippen LogP contribution in [0.15, 0.2) is 60.7 Å². The van der Waals surface area contributed by atoms with Crippen LogP contribution in [0.4, 0.5) is 4.79 Å². The van der Waals surface area contributed by atoms with E-state index in [4.69, 9.17) is 4.74 Å². The fourth-order valence-corrected chi connectivity index (χ4v) is 2.79. The maximum absolute atomic E-state index is 12.6. The second-order valence-corrected chi connectivity index (χ2v) is 7.04. The Balaban J connectivity index is 2.42. The molecular formula is C21H26N2O3. The highest BCUT2D eigenvalue weighted by atomic mass is 16.6. The van der Waals surface area contributed by atoms with Gasteiger partial charge in [0.05, 0.1) is 0 Å². The van der Waals surface area contributed by atoms with Gasteiger partial charge < -0.3 is 15.4 Å². The van der Waals surface area contributed by atoms with Gasteiger partial charge in [0, 0.05) is 13.0 Å². The van der Waals surface area contributed by atoms with Crippen molar-refractivity contribution >= 4 is 12.0 Å². The van der Waals surface area contributed by atoms with Crippen molar-refractivity contribution in [1.29, 1.82) is 0 Å². The lowest BCUT2D eigenvalue weighted by molar-refractivity contribution is -0.123. The van der Waals surface area contributed by atoms with Gasteiger partial charge in [-0.1, -0.05) is 60.7 Å². The largest absolute Gasteiger partial charge is 0.444 e. The Kier molecular flexibility index (Phi) is 6.39. The summed E-state index contributed by atoms with van der Waals surface area (Å²) in [6, 6.07) is 18.5. The lowest BCUT2D eigenvalue weighted by Gasteiger charge is -2.29. The van der Waals surface area contributed by atoms with Crippen LogP contribution in [0.5, 0.6) is 0 Å². The summed E-state index contributed by atoms with van der Waals surface area (Å²) >= 11 is 0. The number of rotatable bonds is 5. The van der Waals surface area contributed by atoms with Gasteiger partial charge in [-0.2, -0.15) is 0 Å². The zero-order valence-electron chi connectivity index (χ0n) is 15.7. The molecule has 138 valence electrons. The van der Waals surface area contributed by atoms with Gasteiger partial charge >= 0.3 is 6.09 Å². The molecule has 26 heavy (non-hydrogen) atoms. The van der Waals surface area contributed by atoms with Crippen molar-refractivity contribution in [3.63, 3.8) is 0 Å². The molecule has 2 rings (SSSR count). The van der Waals surface area contributed by atoms with E-state index in [1.54, 1.807) is 27.8 Å². The van der Waals surface area contributed by atoms with Crippen LogP contribution in [0.1, 0.15) is 37.8 Å². The minimum atomic E-state index is -0.806. The van der Waals surface area contributed by atoms with Crippen LogP contribution in [-0.2, 0) is 9.53 Å². The highest BCUT2D eigenvalue weighted by Gasteiger charge is 2.33. The molecule has 2 N–H and O–H groups in total. The van der Waals surface area contributed by atoms with Crippen molar-refractivity contribution in [3.8, 4) is 0 Å². The van der Waals surface area contributed by atoms with Crippen LogP contribution in [0.25, 0.3) is 0 Å². The third-order valence-corrected chi connectivity index (χ3v) is 3.85.